The molecule has 8 heteroatoms. The van der Waals surface area contributed by atoms with Crippen molar-refractivity contribution in [3.05, 3.63) is 14.9 Å². The third-order valence-electron chi connectivity index (χ3n) is 0.843. The van der Waals surface area contributed by atoms with Crippen LogP contribution >= 0.6 is 0 Å². The maximum absolute atomic E-state index is 4.64. The summed E-state index contributed by atoms with van der Waals surface area (Å²) in [7, 11) is 7.46. The van der Waals surface area contributed by atoms with Gasteiger partial charge in [0.05, 0.1) is 0 Å². The van der Waals surface area contributed by atoms with Crippen LogP contribution in [0.4, 0.5) is 0 Å². The van der Waals surface area contributed by atoms with Crippen molar-refractivity contribution in [3.63, 3.8) is 0 Å². The first-order chi connectivity index (χ1) is 7.29. The van der Waals surface area contributed by atoms with E-state index in [0.29, 0.717) is 0 Å². The molecule has 0 spiro atoms. The van der Waals surface area contributed by atoms with Crippen molar-refractivity contribution < 1.29 is 38.7 Å². The van der Waals surface area contributed by atoms with Crippen molar-refractivity contribution in [2.24, 2.45) is 0 Å². The Hall–Kier alpha value is 2.44. The Morgan fingerprint density at radius 3 is 0.833 bits per heavy atom. The molecule has 0 radical (unpaired) electrons. The molecule has 0 saturated heterocycles. The van der Waals surface area contributed by atoms with Crippen molar-refractivity contribution in [2.45, 2.75) is 9.41 Å². The van der Waals surface area contributed by atoms with E-state index in [1.165, 1.54) is 0 Å². The van der Waals surface area contributed by atoms with Crippen LogP contribution in [-0.2, 0) is 89.2 Å². The maximum atomic E-state index is 4.64. The molecule has 0 aromatic rings. The molecule has 0 aromatic carbocycles. The van der Waals surface area contributed by atoms with Gasteiger partial charge in [0.2, 0.25) is 0 Å². The van der Waals surface area contributed by atoms with E-state index in [1.807, 2.05) is 28.2 Å². The molecule has 18 heavy (non-hydrogen) atoms. The van der Waals surface area contributed by atoms with Crippen molar-refractivity contribution in [1.29, 1.82) is 0 Å². The molecule has 0 aliphatic heterocycles. The molecule has 0 amide bonds. The van der Waals surface area contributed by atoms with E-state index < -0.39 is 0 Å². The van der Waals surface area contributed by atoms with Crippen LogP contribution in [0.1, 0.15) is 0 Å². The Morgan fingerprint density at radius 1 is 0.778 bits per heavy atom. The Kier molecular flexibility index (Phi) is 65.2. The second-order valence-corrected chi connectivity index (χ2v) is 4.92. The van der Waals surface area contributed by atoms with Gasteiger partial charge in [-0.1, -0.05) is 0 Å². The summed E-state index contributed by atoms with van der Waals surface area (Å²) in [6, 6.07) is 0. The van der Waals surface area contributed by atoms with Gasteiger partial charge in [0, 0.05) is 0 Å². The van der Waals surface area contributed by atoms with Crippen LogP contribution in [0.25, 0.3) is 0 Å². The van der Waals surface area contributed by atoms with Gasteiger partial charge in [-0.25, -0.2) is 9.41 Å². The third kappa shape index (κ3) is 51.5. The SMILES string of the molecule is CN(C)C([S-])[S-].CN(C)C([S-])[S-].[CH2]=[Mo+4].[CH2]=[Mo].[CH3-].[CH3-]. The Bertz CT molecular complexity index is 102. The van der Waals surface area contributed by atoms with E-state index in [4.69, 9.17) is 0 Å². The van der Waals surface area contributed by atoms with Crippen molar-refractivity contribution in [3.8, 4) is 0 Å². The van der Waals surface area contributed by atoms with E-state index in [9.17, 15) is 0 Å². The van der Waals surface area contributed by atoms with E-state index in [-0.39, 0.29) is 24.3 Å². The summed E-state index contributed by atoms with van der Waals surface area (Å²) in [4.78, 5) is 10.1. The second kappa shape index (κ2) is 31.7. The Morgan fingerprint density at radius 2 is 0.833 bits per heavy atom. The van der Waals surface area contributed by atoms with Gasteiger partial charge in [-0.2, -0.15) is 0 Å². The molecule has 0 fully saturated rings. The van der Waals surface area contributed by atoms with Crippen LogP contribution in [0.3, 0.4) is 0 Å². The molecule has 0 N–H and O–H groups in total. The van der Waals surface area contributed by atoms with Crippen LogP contribution < -0.4 is 0 Å². The van der Waals surface area contributed by atoms with Gasteiger partial charge < -0.3 is 75.2 Å². The fraction of sp³-hybridized carbons (Fsp3) is 0.600. The monoisotopic (exact) mass is 496 g/mol. The first-order valence-corrected chi connectivity index (χ1v) is 8.55. The Labute approximate surface area is 159 Å². The molecule has 0 saturated carbocycles. The van der Waals surface area contributed by atoms with Crippen molar-refractivity contribution in [2.75, 3.05) is 28.2 Å². The summed E-state index contributed by atoms with van der Waals surface area (Å²) in [6.45, 7) is 0. The normalized spacial score (nSPS) is 7.89. The fourth-order valence-electron chi connectivity index (χ4n) is 0. The summed E-state index contributed by atoms with van der Waals surface area (Å²) in [5.74, 6) is 0. The van der Waals surface area contributed by atoms with Gasteiger partial charge in [-0.15, -0.1) is 0 Å². The molecule has 0 rings (SSSR count). The van der Waals surface area contributed by atoms with Crippen LogP contribution in [0.15, 0.2) is 0 Å². The minimum Gasteiger partial charge on any atom is -0.358 e. The van der Waals surface area contributed by atoms with Gasteiger partial charge in [0.1, 0.15) is 0 Å². The molecule has 0 aromatic heterocycles. The first-order valence-electron chi connectivity index (χ1n) is 3.83. The van der Waals surface area contributed by atoms with E-state index >= 15 is 0 Å². The minimum absolute atomic E-state index is 0. The fourth-order valence-corrected chi connectivity index (χ4v) is 0. The average Bonchev–Trinajstić information content (AvgIpc) is 2.24. The summed E-state index contributed by atoms with van der Waals surface area (Å²) in [5.41, 5.74) is 0. The quantitative estimate of drug-likeness (QED) is 0.316. The molecule has 0 aliphatic rings. The average molecular weight is 492 g/mol. The second-order valence-electron chi connectivity index (χ2n) is 2.54. The van der Waals surface area contributed by atoms with Crippen LogP contribution in [0, 0.1) is 14.9 Å². The molecule has 0 unspecified atom stereocenters. The minimum atomic E-state index is -0.148. The number of nitrogens with zero attached hydrogens (tertiary/aromatic N) is 2. The van der Waals surface area contributed by atoms with Crippen LogP contribution in [0.2, 0.25) is 0 Å². The van der Waals surface area contributed by atoms with E-state index in [0.717, 1.165) is 0 Å². The molecular weight excluding hydrogens is 468 g/mol. The number of hydrogen-bond acceptors (Lipinski definition) is 6. The first kappa shape index (κ1) is 37.0. The van der Waals surface area contributed by atoms with Gasteiger partial charge in [0.25, 0.3) is 0 Å². The topological polar surface area (TPSA) is 6.48 Å². The van der Waals surface area contributed by atoms with Crippen molar-refractivity contribution in [1.82, 2.24) is 9.80 Å². The van der Waals surface area contributed by atoms with E-state index in [1.54, 1.807) is 48.5 Å². The number of hydrogen-bond donors (Lipinski definition) is 0. The number of rotatable bonds is 2. The van der Waals surface area contributed by atoms with Gasteiger partial charge in [0.15, 0.2) is 0 Å². The molecule has 0 aliphatic carbocycles. The zero-order chi connectivity index (χ0) is 14.3. The largest absolute Gasteiger partial charge is 0.358 e. The zero-order valence-electron chi connectivity index (χ0n) is 11.9. The molecule has 0 heterocycles. The van der Waals surface area contributed by atoms with Crippen LogP contribution in [-0.4, -0.2) is 57.2 Å². The summed E-state index contributed by atoms with van der Waals surface area (Å²) in [6.07, 6.45) is 0. The summed E-state index contributed by atoms with van der Waals surface area (Å²) in [5, 5.41) is 0. The van der Waals surface area contributed by atoms with Gasteiger partial charge in [-0.05, 0) is 28.2 Å². The smallest absolute Gasteiger partial charge is 0.358 e. The standard InChI is InChI=1S/2C3H9NS2.2CH3.2CH2.2Mo/c2*1-4(2)3(5)6;;;;;;/h2*3,5-6H,1-2H3;2*1H3;2*1H2;;/q;;2*-1;;;;+4/p-4. The molecule has 112 valence electrons. The third-order valence-corrected chi connectivity index (χ3v) is 2.53. The predicted octanol–water partition coefficient (Wildman–Crippen LogP) is 0.682. The zero-order valence-corrected chi connectivity index (χ0v) is 19.2. The maximum Gasteiger partial charge on any atom is -0.358 e. The van der Waals surface area contributed by atoms with Gasteiger partial charge >= 0.3 is 48.5 Å². The van der Waals surface area contributed by atoms with E-state index in [2.05, 4.69) is 60.3 Å². The summed E-state index contributed by atoms with van der Waals surface area (Å²) >= 11 is 22.0. The molecule has 0 bridgehead atoms. The molecule has 0 atom stereocenters. The summed E-state index contributed by atoms with van der Waals surface area (Å²) < 4.78 is -0.296. The van der Waals surface area contributed by atoms with Gasteiger partial charge in [-0.3, -0.25) is 0 Å². The van der Waals surface area contributed by atoms with Crippen LogP contribution in [0.5, 0.6) is 0 Å². The Balaban J connectivity index is -0.0000000287. The molecular formula is C10H24Mo2N2S4-2. The van der Waals surface area contributed by atoms with Crippen molar-refractivity contribution >= 4 is 60.3 Å². The predicted molar refractivity (Wildman–Crippen MR) is 91.5 cm³/mol. The molecule has 2 nitrogen and oxygen atoms in total.